The lowest BCUT2D eigenvalue weighted by atomic mass is 10.2. The van der Waals surface area contributed by atoms with E-state index in [0.29, 0.717) is 22.1 Å². The smallest absolute Gasteiger partial charge is 0.261 e. The van der Waals surface area contributed by atoms with Gasteiger partial charge in [0, 0.05) is 31.4 Å². The molecule has 0 saturated carbocycles. The summed E-state index contributed by atoms with van der Waals surface area (Å²) in [7, 11) is 3.93. The Labute approximate surface area is 166 Å². The minimum Gasteiger partial charge on any atom is -0.378 e. The average molecular weight is 405 g/mol. The van der Waals surface area contributed by atoms with E-state index in [1.807, 2.05) is 43.3 Å². The van der Waals surface area contributed by atoms with Crippen LogP contribution in [0.1, 0.15) is 5.56 Å². The second-order valence-electron chi connectivity index (χ2n) is 6.30. The van der Waals surface area contributed by atoms with E-state index in [-0.39, 0.29) is 23.4 Å². The average Bonchev–Trinajstić information content (AvgIpc) is 2.63. The van der Waals surface area contributed by atoms with Crippen LogP contribution < -0.4 is 15.8 Å². The zero-order chi connectivity index (χ0) is 19.6. The minimum absolute atomic E-state index is 0.137. The largest absolute Gasteiger partial charge is 0.378 e. The van der Waals surface area contributed by atoms with Crippen molar-refractivity contribution in [1.29, 1.82) is 0 Å². The molecule has 0 atom stereocenters. The molecule has 27 heavy (non-hydrogen) atoms. The first kappa shape index (κ1) is 19.2. The maximum atomic E-state index is 12.6. The summed E-state index contributed by atoms with van der Waals surface area (Å²) in [6, 6.07) is 10.9. The Kier molecular flexibility index (Phi) is 5.68. The van der Waals surface area contributed by atoms with E-state index in [1.54, 1.807) is 0 Å². The van der Waals surface area contributed by atoms with E-state index in [4.69, 9.17) is 23.2 Å². The molecule has 1 aromatic heterocycles. The van der Waals surface area contributed by atoms with Crippen LogP contribution in [0.5, 0.6) is 0 Å². The van der Waals surface area contributed by atoms with Crippen LogP contribution in [0.3, 0.4) is 0 Å². The fraction of sp³-hybridized carbons (Fsp3) is 0.211. The second kappa shape index (κ2) is 7.98. The third-order valence-corrected chi connectivity index (χ3v) is 4.61. The molecule has 0 saturated heterocycles. The molecule has 6 nitrogen and oxygen atoms in total. The van der Waals surface area contributed by atoms with Crippen molar-refractivity contribution in [3.05, 3.63) is 68.7 Å². The number of hydrogen-bond donors (Lipinski definition) is 1. The number of hydrogen-bond acceptors (Lipinski definition) is 4. The number of rotatable bonds is 5. The maximum absolute atomic E-state index is 12.6. The molecule has 0 aliphatic rings. The Morgan fingerprint density at radius 2 is 1.89 bits per heavy atom. The normalized spacial score (nSPS) is 10.8. The summed E-state index contributed by atoms with van der Waals surface area (Å²) < 4.78 is 1.24. The number of fused-ring (bicyclic) bond motifs is 1. The van der Waals surface area contributed by atoms with Gasteiger partial charge in [-0.1, -0.05) is 35.3 Å². The number of nitrogens with one attached hydrogen (secondary N) is 1. The maximum Gasteiger partial charge on any atom is 0.261 e. The number of anilines is 1. The number of aromatic nitrogens is 2. The number of carbonyl (C=O) groups excluding carboxylic acids is 1. The zero-order valence-electron chi connectivity index (χ0n) is 14.9. The lowest BCUT2D eigenvalue weighted by molar-refractivity contribution is -0.121. The lowest BCUT2D eigenvalue weighted by Crippen LogP contribution is -2.32. The summed E-state index contributed by atoms with van der Waals surface area (Å²) in [5.74, 6) is -0.289. The molecule has 0 radical (unpaired) electrons. The molecule has 3 aromatic rings. The van der Waals surface area contributed by atoms with Crippen LogP contribution in [0.4, 0.5) is 5.69 Å². The van der Waals surface area contributed by atoms with E-state index >= 15 is 0 Å². The van der Waals surface area contributed by atoms with Gasteiger partial charge in [0.15, 0.2) is 0 Å². The molecule has 0 spiro atoms. The van der Waals surface area contributed by atoms with Crippen LogP contribution in [-0.2, 0) is 17.9 Å². The predicted octanol–water partition coefficient (Wildman–Crippen LogP) is 3.09. The molecule has 0 unspecified atom stereocenters. The molecule has 1 amide bonds. The summed E-state index contributed by atoms with van der Waals surface area (Å²) in [5.41, 5.74) is 2.05. The summed E-state index contributed by atoms with van der Waals surface area (Å²) in [4.78, 5) is 31.0. The molecule has 140 valence electrons. The van der Waals surface area contributed by atoms with Gasteiger partial charge in [-0.3, -0.25) is 14.2 Å². The van der Waals surface area contributed by atoms with Crippen LogP contribution in [0, 0.1) is 0 Å². The molecule has 1 heterocycles. The molecule has 1 N–H and O–H groups in total. The quantitative estimate of drug-likeness (QED) is 0.709. The Morgan fingerprint density at radius 1 is 1.19 bits per heavy atom. The topological polar surface area (TPSA) is 67.2 Å². The van der Waals surface area contributed by atoms with Gasteiger partial charge in [-0.05, 0) is 29.8 Å². The van der Waals surface area contributed by atoms with Crippen molar-refractivity contribution >= 4 is 45.7 Å². The van der Waals surface area contributed by atoms with Gasteiger partial charge in [-0.15, -0.1) is 0 Å². The molecular formula is C19H18Cl2N4O2. The number of benzene rings is 2. The van der Waals surface area contributed by atoms with Gasteiger partial charge in [-0.2, -0.15) is 0 Å². The first-order valence-corrected chi connectivity index (χ1v) is 8.98. The highest BCUT2D eigenvalue weighted by Gasteiger charge is 2.11. The van der Waals surface area contributed by atoms with Crippen LogP contribution in [0.25, 0.3) is 10.9 Å². The van der Waals surface area contributed by atoms with E-state index in [9.17, 15) is 9.59 Å². The number of carbonyl (C=O) groups is 1. The van der Waals surface area contributed by atoms with Crippen molar-refractivity contribution in [3.8, 4) is 0 Å². The van der Waals surface area contributed by atoms with E-state index in [0.717, 1.165) is 11.3 Å². The summed E-state index contributed by atoms with van der Waals surface area (Å²) in [6.07, 6.45) is 1.32. The first-order chi connectivity index (χ1) is 12.8. The van der Waals surface area contributed by atoms with Gasteiger partial charge in [-0.25, -0.2) is 4.98 Å². The number of nitrogens with zero attached hydrogens (tertiary/aromatic N) is 3. The monoisotopic (exact) mass is 404 g/mol. The van der Waals surface area contributed by atoms with Crippen LogP contribution >= 0.6 is 23.2 Å². The molecule has 0 aliphatic carbocycles. The van der Waals surface area contributed by atoms with E-state index in [2.05, 4.69) is 10.3 Å². The zero-order valence-corrected chi connectivity index (χ0v) is 16.4. The lowest BCUT2D eigenvalue weighted by Gasteiger charge is -2.13. The molecule has 0 fully saturated rings. The van der Waals surface area contributed by atoms with Crippen molar-refractivity contribution in [1.82, 2.24) is 14.9 Å². The van der Waals surface area contributed by atoms with E-state index < -0.39 is 0 Å². The van der Waals surface area contributed by atoms with Gasteiger partial charge in [0.25, 0.3) is 5.56 Å². The molecule has 8 heteroatoms. The van der Waals surface area contributed by atoms with Crippen molar-refractivity contribution in [2.75, 3.05) is 19.0 Å². The minimum atomic E-state index is -0.366. The van der Waals surface area contributed by atoms with Gasteiger partial charge < -0.3 is 10.2 Å². The predicted molar refractivity (Wildman–Crippen MR) is 109 cm³/mol. The van der Waals surface area contributed by atoms with Crippen LogP contribution in [0.15, 0.2) is 47.5 Å². The van der Waals surface area contributed by atoms with Crippen LogP contribution in [0.2, 0.25) is 10.0 Å². The van der Waals surface area contributed by atoms with E-state index in [1.165, 1.54) is 23.0 Å². The summed E-state index contributed by atoms with van der Waals surface area (Å²) in [5, 5.41) is 3.72. The first-order valence-electron chi connectivity index (χ1n) is 8.22. The van der Waals surface area contributed by atoms with Crippen LogP contribution in [-0.4, -0.2) is 29.6 Å². The Bertz CT molecular complexity index is 1050. The van der Waals surface area contributed by atoms with Gasteiger partial charge in [0.05, 0.1) is 22.3 Å². The molecular weight excluding hydrogens is 387 g/mol. The second-order valence-corrected chi connectivity index (χ2v) is 7.14. The van der Waals surface area contributed by atoms with Crippen molar-refractivity contribution in [3.63, 3.8) is 0 Å². The highest BCUT2D eigenvalue weighted by atomic mass is 35.5. The molecule has 3 rings (SSSR count). The standard InChI is InChI=1S/C19H18Cl2N4O2/c1-24(2)14-5-3-12(4-6-14)9-22-17(26)10-25-11-23-18-15(19(25)27)7-13(20)8-16(18)21/h3-8,11H,9-10H2,1-2H3,(H,22,26). The fourth-order valence-corrected chi connectivity index (χ4v) is 3.17. The highest BCUT2D eigenvalue weighted by Crippen LogP contribution is 2.23. The Morgan fingerprint density at radius 3 is 2.56 bits per heavy atom. The fourth-order valence-electron chi connectivity index (χ4n) is 2.63. The van der Waals surface area contributed by atoms with Crippen molar-refractivity contribution in [2.45, 2.75) is 13.1 Å². The van der Waals surface area contributed by atoms with Gasteiger partial charge >= 0.3 is 0 Å². The molecule has 0 aliphatic heterocycles. The SMILES string of the molecule is CN(C)c1ccc(CNC(=O)Cn2cnc3c(Cl)cc(Cl)cc3c2=O)cc1. The number of amides is 1. The molecule has 0 bridgehead atoms. The van der Waals surface area contributed by atoms with Gasteiger partial charge in [0.1, 0.15) is 6.54 Å². The third kappa shape index (κ3) is 4.40. The number of halogens is 2. The van der Waals surface area contributed by atoms with Crippen molar-refractivity contribution in [2.24, 2.45) is 0 Å². The third-order valence-electron chi connectivity index (χ3n) is 4.10. The highest BCUT2D eigenvalue weighted by molar-refractivity contribution is 6.38. The Balaban J connectivity index is 1.70. The van der Waals surface area contributed by atoms with Crippen molar-refractivity contribution < 1.29 is 4.79 Å². The summed E-state index contributed by atoms with van der Waals surface area (Å²) >= 11 is 12.0. The van der Waals surface area contributed by atoms with Gasteiger partial charge in [0.2, 0.25) is 5.91 Å². The Hall–Kier alpha value is -2.57. The molecule has 2 aromatic carbocycles. The summed E-state index contributed by atoms with van der Waals surface area (Å²) in [6.45, 7) is 0.238.